The molecule has 0 saturated heterocycles. The Morgan fingerprint density at radius 3 is 2.43 bits per heavy atom. The molecule has 0 spiro atoms. The van der Waals surface area contributed by atoms with Crippen molar-refractivity contribution in [3.05, 3.63) is 59.4 Å². The molecule has 0 aliphatic heterocycles. The standard InChI is InChI=1S/C17H17FO2S/c1-11(2)12-4-7-15(8-5-12)21-16-10-14(18)6-3-13(16)9-17(19)20/h3-8,10-11H,9H2,1-2H3,(H,19,20). The second-order valence-electron chi connectivity index (χ2n) is 5.15. The number of benzene rings is 2. The largest absolute Gasteiger partial charge is 0.481 e. The molecule has 0 amide bonds. The predicted octanol–water partition coefficient (Wildman–Crippen LogP) is 4.73. The molecule has 0 unspecified atom stereocenters. The lowest BCUT2D eigenvalue weighted by Crippen LogP contribution is -2.01. The molecule has 0 fully saturated rings. The topological polar surface area (TPSA) is 37.3 Å². The number of carboxylic acids is 1. The molecule has 0 radical (unpaired) electrons. The zero-order valence-corrected chi connectivity index (χ0v) is 12.8. The summed E-state index contributed by atoms with van der Waals surface area (Å²) in [4.78, 5) is 12.5. The molecule has 0 aliphatic rings. The van der Waals surface area contributed by atoms with Gasteiger partial charge < -0.3 is 5.11 Å². The highest BCUT2D eigenvalue weighted by Gasteiger charge is 2.10. The van der Waals surface area contributed by atoms with E-state index in [1.165, 1.54) is 35.5 Å². The van der Waals surface area contributed by atoms with Crippen molar-refractivity contribution in [2.75, 3.05) is 0 Å². The average Bonchev–Trinajstić information content (AvgIpc) is 2.42. The van der Waals surface area contributed by atoms with Crippen LogP contribution in [-0.4, -0.2) is 11.1 Å². The Morgan fingerprint density at radius 1 is 1.19 bits per heavy atom. The summed E-state index contributed by atoms with van der Waals surface area (Å²) in [5, 5.41) is 8.92. The molecule has 0 saturated carbocycles. The summed E-state index contributed by atoms with van der Waals surface area (Å²) in [6.45, 7) is 4.25. The highest BCUT2D eigenvalue weighted by molar-refractivity contribution is 7.99. The van der Waals surface area contributed by atoms with Gasteiger partial charge in [-0.15, -0.1) is 0 Å². The number of carbonyl (C=O) groups is 1. The first-order valence-corrected chi connectivity index (χ1v) is 7.55. The Hall–Kier alpha value is -1.81. The molecular formula is C17H17FO2S. The van der Waals surface area contributed by atoms with Crippen molar-refractivity contribution < 1.29 is 14.3 Å². The van der Waals surface area contributed by atoms with E-state index in [-0.39, 0.29) is 12.2 Å². The predicted molar refractivity (Wildman–Crippen MR) is 82.4 cm³/mol. The monoisotopic (exact) mass is 304 g/mol. The molecule has 2 rings (SSSR count). The molecular weight excluding hydrogens is 287 g/mol. The molecule has 0 aromatic heterocycles. The van der Waals surface area contributed by atoms with Crippen LogP contribution in [0.15, 0.2) is 52.3 Å². The first-order valence-electron chi connectivity index (χ1n) is 6.73. The Balaban J connectivity index is 2.25. The third-order valence-corrected chi connectivity index (χ3v) is 4.25. The molecule has 4 heteroatoms. The van der Waals surface area contributed by atoms with Gasteiger partial charge in [0.15, 0.2) is 0 Å². The van der Waals surface area contributed by atoms with Gasteiger partial charge in [0.25, 0.3) is 0 Å². The van der Waals surface area contributed by atoms with E-state index in [1.807, 2.05) is 24.3 Å². The highest BCUT2D eigenvalue weighted by atomic mass is 32.2. The fourth-order valence-electron chi connectivity index (χ4n) is 1.98. The van der Waals surface area contributed by atoms with E-state index in [0.717, 1.165) is 4.90 Å². The Labute approximate surface area is 128 Å². The first-order chi connectivity index (χ1) is 9.95. The smallest absolute Gasteiger partial charge is 0.307 e. The minimum absolute atomic E-state index is 0.104. The number of hydrogen-bond acceptors (Lipinski definition) is 2. The Kier molecular flexibility index (Phi) is 5.02. The summed E-state index contributed by atoms with van der Waals surface area (Å²) < 4.78 is 13.4. The van der Waals surface area contributed by atoms with Crippen molar-refractivity contribution in [2.24, 2.45) is 0 Å². The average molecular weight is 304 g/mol. The van der Waals surface area contributed by atoms with Crippen LogP contribution in [0, 0.1) is 5.82 Å². The first kappa shape index (κ1) is 15.6. The maximum absolute atomic E-state index is 13.4. The second-order valence-corrected chi connectivity index (χ2v) is 6.26. The van der Waals surface area contributed by atoms with Crippen LogP contribution in [0.25, 0.3) is 0 Å². The van der Waals surface area contributed by atoms with E-state index >= 15 is 0 Å². The molecule has 0 bridgehead atoms. The van der Waals surface area contributed by atoms with Gasteiger partial charge in [0.05, 0.1) is 6.42 Å². The summed E-state index contributed by atoms with van der Waals surface area (Å²) in [6.07, 6.45) is -0.104. The van der Waals surface area contributed by atoms with Crippen LogP contribution in [0.3, 0.4) is 0 Å². The molecule has 21 heavy (non-hydrogen) atoms. The van der Waals surface area contributed by atoms with Crippen LogP contribution in [0.2, 0.25) is 0 Å². The van der Waals surface area contributed by atoms with E-state index in [2.05, 4.69) is 13.8 Å². The lowest BCUT2D eigenvalue weighted by molar-refractivity contribution is -0.136. The molecule has 1 N–H and O–H groups in total. The number of rotatable bonds is 5. The van der Waals surface area contributed by atoms with Crippen LogP contribution in [-0.2, 0) is 11.2 Å². The quantitative estimate of drug-likeness (QED) is 0.868. The molecule has 2 aromatic carbocycles. The van der Waals surface area contributed by atoms with E-state index in [9.17, 15) is 9.18 Å². The number of carboxylic acid groups (broad SMARTS) is 1. The van der Waals surface area contributed by atoms with Gasteiger partial charge >= 0.3 is 5.97 Å². The lowest BCUT2D eigenvalue weighted by atomic mass is 10.0. The van der Waals surface area contributed by atoms with Gasteiger partial charge in [-0.1, -0.05) is 43.8 Å². The number of halogens is 1. The second kappa shape index (κ2) is 6.76. The van der Waals surface area contributed by atoms with Crippen molar-refractivity contribution in [3.8, 4) is 0 Å². The van der Waals surface area contributed by atoms with Gasteiger partial charge in [0.1, 0.15) is 5.82 Å². The number of aliphatic carboxylic acids is 1. The van der Waals surface area contributed by atoms with Gasteiger partial charge in [-0.05, 0) is 41.3 Å². The Bertz CT molecular complexity index is 636. The summed E-state index contributed by atoms with van der Waals surface area (Å²) in [7, 11) is 0. The number of hydrogen-bond donors (Lipinski definition) is 1. The van der Waals surface area contributed by atoms with E-state index in [4.69, 9.17) is 5.11 Å². The van der Waals surface area contributed by atoms with Gasteiger partial charge in [0.2, 0.25) is 0 Å². The third-order valence-electron chi connectivity index (χ3n) is 3.15. The molecule has 0 heterocycles. The zero-order valence-electron chi connectivity index (χ0n) is 12.0. The van der Waals surface area contributed by atoms with Crippen molar-refractivity contribution >= 4 is 17.7 Å². The van der Waals surface area contributed by atoms with Crippen LogP contribution >= 0.6 is 11.8 Å². The maximum Gasteiger partial charge on any atom is 0.307 e. The fraction of sp³-hybridized carbons (Fsp3) is 0.235. The zero-order chi connectivity index (χ0) is 15.4. The van der Waals surface area contributed by atoms with Crippen molar-refractivity contribution in [3.63, 3.8) is 0 Å². The van der Waals surface area contributed by atoms with E-state index < -0.39 is 5.97 Å². The Morgan fingerprint density at radius 2 is 1.86 bits per heavy atom. The van der Waals surface area contributed by atoms with Crippen molar-refractivity contribution in [1.29, 1.82) is 0 Å². The molecule has 110 valence electrons. The SMILES string of the molecule is CC(C)c1ccc(Sc2cc(F)ccc2CC(=O)O)cc1. The maximum atomic E-state index is 13.4. The third kappa shape index (κ3) is 4.33. The molecule has 2 nitrogen and oxygen atoms in total. The lowest BCUT2D eigenvalue weighted by Gasteiger charge is -2.09. The van der Waals surface area contributed by atoms with Gasteiger partial charge in [-0.2, -0.15) is 0 Å². The highest BCUT2D eigenvalue weighted by Crippen LogP contribution is 2.32. The fourth-order valence-corrected chi connectivity index (χ4v) is 2.95. The van der Waals surface area contributed by atoms with Crippen molar-refractivity contribution in [1.82, 2.24) is 0 Å². The summed E-state index contributed by atoms with van der Waals surface area (Å²) >= 11 is 1.39. The molecule has 0 atom stereocenters. The summed E-state index contributed by atoms with van der Waals surface area (Å²) in [5.41, 5.74) is 1.87. The van der Waals surface area contributed by atoms with Crippen molar-refractivity contribution in [2.45, 2.75) is 36.0 Å². The normalized spacial score (nSPS) is 10.9. The van der Waals surface area contributed by atoms with Crippen LogP contribution in [0.4, 0.5) is 4.39 Å². The van der Waals surface area contributed by atoms with Gasteiger partial charge in [-0.3, -0.25) is 4.79 Å². The molecule has 2 aromatic rings. The summed E-state index contributed by atoms with van der Waals surface area (Å²) in [5.74, 6) is -0.815. The minimum atomic E-state index is -0.918. The van der Waals surface area contributed by atoms with Gasteiger partial charge in [-0.25, -0.2) is 4.39 Å². The minimum Gasteiger partial charge on any atom is -0.481 e. The van der Waals surface area contributed by atoms with Crippen LogP contribution in [0.1, 0.15) is 30.9 Å². The van der Waals surface area contributed by atoms with Crippen LogP contribution in [0.5, 0.6) is 0 Å². The van der Waals surface area contributed by atoms with E-state index in [1.54, 1.807) is 0 Å². The summed E-state index contributed by atoms with van der Waals surface area (Å²) in [6, 6.07) is 12.3. The molecule has 0 aliphatic carbocycles. The van der Waals surface area contributed by atoms with E-state index in [0.29, 0.717) is 16.4 Å². The van der Waals surface area contributed by atoms with Crippen LogP contribution < -0.4 is 0 Å². The van der Waals surface area contributed by atoms with Gasteiger partial charge in [0, 0.05) is 9.79 Å².